The summed E-state index contributed by atoms with van der Waals surface area (Å²) in [5.41, 5.74) is 3.73. The Morgan fingerprint density at radius 3 is 2.29 bits per heavy atom. The van der Waals surface area contributed by atoms with Gasteiger partial charge < -0.3 is 5.32 Å². The number of hydrogen-bond donors (Lipinski definition) is 1. The van der Waals surface area contributed by atoms with Gasteiger partial charge in [-0.25, -0.2) is 4.39 Å². The molecule has 2 heteroatoms. The predicted molar refractivity (Wildman–Crippen MR) is 86.8 cm³/mol. The van der Waals surface area contributed by atoms with E-state index in [4.69, 9.17) is 0 Å². The zero-order valence-corrected chi connectivity index (χ0v) is 13.3. The zero-order valence-electron chi connectivity index (χ0n) is 13.3. The highest BCUT2D eigenvalue weighted by Gasteiger charge is 2.13. The van der Waals surface area contributed by atoms with Crippen LogP contribution in [0.4, 0.5) is 4.39 Å². The molecule has 0 saturated heterocycles. The highest BCUT2D eigenvalue weighted by Crippen LogP contribution is 2.22. The summed E-state index contributed by atoms with van der Waals surface area (Å²) in [6.45, 7) is 9.48. The van der Waals surface area contributed by atoms with Gasteiger partial charge in [0, 0.05) is 12.6 Å². The van der Waals surface area contributed by atoms with E-state index in [2.05, 4.69) is 57.3 Å². The highest BCUT2D eigenvalue weighted by atomic mass is 19.1. The number of hydrogen-bond acceptors (Lipinski definition) is 1. The lowest BCUT2D eigenvalue weighted by Gasteiger charge is -2.19. The van der Waals surface area contributed by atoms with Gasteiger partial charge in [0.15, 0.2) is 0 Å². The van der Waals surface area contributed by atoms with Crippen LogP contribution in [-0.2, 0) is 12.0 Å². The van der Waals surface area contributed by atoms with Crippen molar-refractivity contribution in [2.75, 3.05) is 0 Å². The van der Waals surface area contributed by atoms with Crippen LogP contribution in [0.15, 0.2) is 48.5 Å². The van der Waals surface area contributed by atoms with Crippen LogP contribution in [0.25, 0.3) is 0 Å². The summed E-state index contributed by atoms with van der Waals surface area (Å²) in [6, 6.07) is 15.6. The SMILES string of the molecule is C[C@H](NCc1ccc(C(C)(C)C)cc1)c1cccc(F)c1. The van der Waals surface area contributed by atoms with E-state index >= 15 is 0 Å². The van der Waals surface area contributed by atoms with E-state index in [1.165, 1.54) is 17.2 Å². The molecule has 2 aromatic carbocycles. The van der Waals surface area contributed by atoms with Crippen LogP contribution in [0, 0.1) is 5.82 Å². The van der Waals surface area contributed by atoms with E-state index in [1.54, 1.807) is 12.1 Å². The summed E-state index contributed by atoms with van der Waals surface area (Å²) >= 11 is 0. The maximum atomic E-state index is 13.2. The maximum Gasteiger partial charge on any atom is 0.123 e. The molecular weight excluding hydrogens is 261 g/mol. The van der Waals surface area contributed by atoms with Crippen LogP contribution in [-0.4, -0.2) is 0 Å². The molecule has 0 aromatic heterocycles. The van der Waals surface area contributed by atoms with Gasteiger partial charge in [-0.15, -0.1) is 0 Å². The van der Waals surface area contributed by atoms with Gasteiger partial charge in [0.2, 0.25) is 0 Å². The topological polar surface area (TPSA) is 12.0 Å². The summed E-state index contributed by atoms with van der Waals surface area (Å²) in [5, 5.41) is 3.43. The van der Waals surface area contributed by atoms with Gasteiger partial charge in [0.1, 0.15) is 5.82 Å². The van der Waals surface area contributed by atoms with Crippen molar-refractivity contribution in [2.45, 2.75) is 45.7 Å². The molecule has 0 radical (unpaired) electrons. The molecule has 21 heavy (non-hydrogen) atoms. The fraction of sp³-hybridized carbons (Fsp3) is 0.368. The number of benzene rings is 2. The maximum absolute atomic E-state index is 13.2. The molecule has 0 unspecified atom stereocenters. The third-order valence-corrected chi connectivity index (χ3v) is 3.78. The third kappa shape index (κ3) is 4.40. The lowest BCUT2D eigenvalue weighted by Crippen LogP contribution is -2.18. The average molecular weight is 285 g/mol. The monoisotopic (exact) mass is 285 g/mol. The van der Waals surface area contributed by atoms with Crippen molar-refractivity contribution in [3.63, 3.8) is 0 Å². The summed E-state index contributed by atoms with van der Waals surface area (Å²) in [7, 11) is 0. The first kappa shape index (κ1) is 15.7. The van der Waals surface area contributed by atoms with Crippen LogP contribution in [0.5, 0.6) is 0 Å². The quantitative estimate of drug-likeness (QED) is 0.836. The molecule has 1 N–H and O–H groups in total. The first-order chi connectivity index (χ1) is 9.86. The van der Waals surface area contributed by atoms with Crippen molar-refractivity contribution in [3.8, 4) is 0 Å². The van der Waals surface area contributed by atoms with Gasteiger partial charge >= 0.3 is 0 Å². The van der Waals surface area contributed by atoms with E-state index in [-0.39, 0.29) is 17.3 Å². The molecule has 0 aliphatic carbocycles. The van der Waals surface area contributed by atoms with E-state index in [0.717, 1.165) is 12.1 Å². The number of rotatable bonds is 4. The first-order valence-electron chi connectivity index (χ1n) is 7.44. The average Bonchev–Trinajstić information content (AvgIpc) is 2.44. The second-order valence-corrected chi connectivity index (χ2v) is 6.60. The smallest absolute Gasteiger partial charge is 0.123 e. The standard InChI is InChI=1S/C19H24FN/c1-14(16-6-5-7-18(20)12-16)21-13-15-8-10-17(11-9-15)19(2,3)4/h5-12,14,21H,13H2,1-4H3/t14-/m0/s1. The fourth-order valence-corrected chi connectivity index (χ4v) is 2.29. The third-order valence-electron chi connectivity index (χ3n) is 3.78. The highest BCUT2D eigenvalue weighted by molar-refractivity contribution is 5.27. The van der Waals surface area contributed by atoms with Crippen LogP contribution in [0.3, 0.4) is 0 Å². The summed E-state index contributed by atoms with van der Waals surface area (Å²) in [6.07, 6.45) is 0. The molecule has 0 amide bonds. The van der Waals surface area contributed by atoms with Gasteiger partial charge in [0.05, 0.1) is 0 Å². The van der Waals surface area contributed by atoms with Crippen LogP contribution < -0.4 is 5.32 Å². The van der Waals surface area contributed by atoms with E-state index in [9.17, 15) is 4.39 Å². The molecule has 0 aliphatic heterocycles. The molecule has 1 nitrogen and oxygen atoms in total. The molecule has 0 bridgehead atoms. The first-order valence-corrected chi connectivity index (χ1v) is 7.44. The van der Waals surface area contributed by atoms with Crippen LogP contribution in [0.2, 0.25) is 0 Å². The number of nitrogens with one attached hydrogen (secondary N) is 1. The van der Waals surface area contributed by atoms with Crippen LogP contribution in [0.1, 0.15) is 50.4 Å². The fourth-order valence-electron chi connectivity index (χ4n) is 2.29. The minimum absolute atomic E-state index is 0.128. The Labute approximate surface area is 127 Å². The number of halogens is 1. The van der Waals surface area contributed by atoms with Crippen molar-refractivity contribution in [1.29, 1.82) is 0 Å². The molecule has 0 aliphatic rings. The lowest BCUT2D eigenvalue weighted by atomic mass is 9.87. The Morgan fingerprint density at radius 1 is 1.05 bits per heavy atom. The van der Waals surface area contributed by atoms with Crippen LogP contribution >= 0.6 is 0 Å². The second kappa shape index (κ2) is 6.40. The molecule has 0 spiro atoms. The van der Waals surface area contributed by atoms with Gasteiger partial charge in [-0.05, 0) is 41.2 Å². The molecular formula is C19H24FN. The van der Waals surface area contributed by atoms with Gasteiger partial charge in [-0.3, -0.25) is 0 Å². The predicted octanol–water partition coefficient (Wildman–Crippen LogP) is 4.97. The summed E-state index contributed by atoms with van der Waals surface area (Å²) in [5.74, 6) is -0.185. The van der Waals surface area contributed by atoms with Crippen molar-refractivity contribution in [1.82, 2.24) is 5.32 Å². The Bertz CT molecular complexity index is 581. The zero-order chi connectivity index (χ0) is 15.5. The Hall–Kier alpha value is -1.67. The van der Waals surface area contributed by atoms with E-state index in [1.807, 2.05) is 6.07 Å². The minimum Gasteiger partial charge on any atom is -0.306 e. The van der Waals surface area contributed by atoms with Gasteiger partial charge in [0.25, 0.3) is 0 Å². The summed E-state index contributed by atoms with van der Waals surface area (Å²) < 4.78 is 13.2. The second-order valence-electron chi connectivity index (χ2n) is 6.60. The summed E-state index contributed by atoms with van der Waals surface area (Å²) in [4.78, 5) is 0. The molecule has 0 fully saturated rings. The van der Waals surface area contributed by atoms with Crippen molar-refractivity contribution in [3.05, 3.63) is 71.0 Å². The minimum atomic E-state index is -0.185. The van der Waals surface area contributed by atoms with Gasteiger partial charge in [-0.2, -0.15) is 0 Å². The van der Waals surface area contributed by atoms with Crippen molar-refractivity contribution < 1.29 is 4.39 Å². The van der Waals surface area contributed by atoms with Crippen molar-refractivity contribution >= 4 is 0 Å². The Kier molecular flexibility index (Phi) is 4.79. The van der Waals surface area contributed by atoms with Gasteiger partial charge in [-0.1, -0.05) is 57.2 Å². The molecule has 2 rings (SSSR count). The van der Waals surface area contributed by atoms with E-state index in [0.29, 0.717) is 0 Å². The molecule has 112 valence electrons. The Morgan fingerprint density at radius 2 is 1.71 bits per heavy atom. The Balaban J connectivity index is 1.97. The molecule has 1 atom stereocenters. The molecule has 0 heterocycles. The lowest BCUT2D eigenvalue weighted by molar-refractivity contribution is 0.563. The van der Waals surface area contributed by atoms with E-state index < -0.39 is 0 Å². The normalized spacial score (nSPS) is 13.2. The largest absolute Gasteiger partial charge is 0.306 e. The molecule has 0 saturated carbocycles. The van der Waals surface area contributed by atoms with Crippen molar-refractivity contribution in [2.24, 2.45) is 0 Å². The molecule has 2 aromatic rings.